The molecule has 0 bridgehead atoms. The van der Waals surface area contributed by atoms with Crippen LogP contribution in [0.2, 0.25) is 0 Å². The Hall–Kier alpha value is -2.02. The summed E-state index contributed by atoms with van der Waals surface area (Å²) in [5.41, 5.74) is 4.32. The summed E-state index contributed by atoms with van der Waals surface area (Å²) in [7, 11) is 0. The van der Waals surface area contributed by atoms with E-state index in [0.717, 1.165) is 49.5 Å². The zero-order valence-electron chi connectivity index (χ0n) is 17.9. The van der Waals surface area contributed by atoms with Gasteiger partial charge in [-0.1, -0.05) is 12.1 Å². The lowest BCUT2D eigenvalue weighted by atomic mass is 10.1. The number of hydrogen-bond donors (Lipinski definition) is 2. The summed E-state index contributed by atoms with van der Waals surface area (Å²) in [5.74, 6) is 0.287. The van der Waals surface area contributed by atoms with Crippen LogP contribution in [0.3, 0.4) is 0 Å². The van der Waals surface area contributed by atoms with Gasteiger partial charge in [0, 0.05) is 23.0 Å². The Morgan fingerprint density at radius 2 is 1.83 bits per heavy atom. The number of aromatic nitrogens is 2. The van der Waals surface area contributed by atoms with Gasteiger partial charge in [-0.25, -0.2) is 4.98 Å². The van der Waals surface area contributed by atoms with Crippen LogP contribution in [0.15, 0.2) is 30.3 Å². The van der Waals surface area contributed by atoms with E-state index in [1.165, 1.54) is 20.3 Å². The van der Waals surface area contributed by atoms with Crippen LogP contribution in [-0.2, 0) is 6.54 Å². The van der Waals surface area contributed by atoms with Crippen LogP contribution in [0.4, 0.5) is 0 Å². The van der Waals surface area contributed by atoms with Crippen LogP contribution < -0.4 is 9.80 Å². The number of piperazine rings is 1. The quantitative estimate of drug-likeness (QED) is 0.602. The average molecular weight is 413 g/mol. The SMILES string of the molecule is Cc1cc(C(=O)C[NH+]2CC[NH+](Cc3nc4ccccc4s3)CC2)c(C)n1C(C)C. The number of aryl methyl sites for hydroxylation is 1. The van der Waals surface area contributed by atoms with Crippen molar-refractivity contribution in [3.05, 3.63) is 52.3 Å². The lowest BCUT2D eigenvalue weighted by molar-refractivity contribution is -1.01. The minimum absolute atomic E-state index is 0.287. The maximum Gasteiger partial charge on any atom is 0.218 e. The lowest BCUT2D eigenvalue weighted by Gasteiger charge is -2.28. The number of quaternary nitrogens is 2. The molecule has 1 saturated heterocycles. The normalized spacial score (nSPS) is 19.9. The molecule has 1 aliphatic heterocycles. The third kappa shape index (κ3) is 4.29. The third-order valence-corrected chi connectivity index (χ3v) is 7.15. The van der Waals surface area contributed by atoms with Crippen molar-refractivity contribution in [3.8, 4) is 0 Å². The van der Waals surface area contributed by atoms with E-state index < -0.39 is 0 Å². The third-order valence-electron chi connectivity index (χ3n) is 6.12. The van der Waals surface area contributed by atoms with Crippen LogP contribution in [0.1, 0.15) is 46.6 Å². The Morgan fingerprint density at radius 3 is 2.48 bits per heavy atom. The van der Waals surface area contributed by atoms with Crippen LogP contribution in [0.5, 0.6) is 0 Å². The van der Waals surface area contributed by atoms with Crippen LogP contribution in [0, 0.1) is 13.8 Å². The van der Waals surface area contributed by atoms with E-state index in [2.05, 4.69) is 62.6 Å². The molecule has 6 heteroatoms. The molecule has 0 unspecified atom stereocenters. The second kappa shape index (κ2) is 8.38. The Bertz CT molecular complexity index is 978. The number of rotatable bonds is 6. The van der Waals surface area contributed by atoms with Crippen molar-refractivity contribution in [1.29, 1.82) is 0 Å². The van der Waals surface area contributed by atoms with Crippen molar-refractivity contribution in [2.24, 2.45) is 0 Å². The van der Waals surface area contributed by atoms with Crippen LogP contribution in [0.25, 0.3) is 10.2 Å². The highest BCUT2D eigenvalue weighted by molar-refractivity contribution is 7.18. The molecule has 2 N–H and O–H groups in total. The first kappa shape index (κ1) is 20.3. The summed E-state index contributed by atoms with van der Waals surface area (Å²) >= 11 is 1.81. The monoisotopic (exact) mass is 412 g/mol. The van der Waals surface area contributed by atoms with Gasteiger partial charge in [0.15, 0.2) is 0 Å². The lowest BCUT2D eigenvalue weighted by Crippen LogP contribution is -3.27. The molecular formula is C23H32N4OS+2. The molecule has 5 nitrogen and oxygen atoms in total. The minimum Gasteiger partial charge on any atom is -0.346 e. The molecule has 0 aliphatic carbocycles. The Morgan fingerprint density at radius 1 is 1.14 bits per heavy atom. The largest absolute Gasteiger partial charge is 0.346 e. The van der Waals surface area contributed by atoms with Crippen molar-refractivity contribution < 1.29 is 14.6 Å². The Balaban J connectivity index is 1.33. The van der Waals surface area contributed by atoms with Gasteiger partial charge >= 0.3 is 0 Å². The van der Waals surface area contributed by atoms with E-state index in [1.54, 1.807) is 4.90 Å². The first-order chi connectivity index (χ1) is 13.9. The first-order valence-electron chi connectivity index (χ1n) is 10.7. The number of thiazole rings is 1. The zero-order valence-corrected chi connectivity index (χ0v) is 18.7. The highest BCUT2D eigenvalue weighted by atomic mass is 32.1. The number of nitrogens with zero attached hydrogens (tertiary/aromatic N) is 2. The van der Waals surface area contributed by atoms with Crippen molar-refractivity contribution in [1.82, 2.24) is 9.55 Å². The number of carbonyl (C=O) groups excluding carboxylic acids is 1. The standard InChI is InChI=1S/C23H30N4OS/c1-16(2)27-17(3)13-19(18(27)4)21(28)14-25-9-11-26(12-10-25)15-23-24-20-7-5-6-8-22(20)29-23/h5-8,13,16H,9-12,14-15H2,1-4H3/p+2. The van der Waals surface area contributed by atoms with Crippen molar-refractivity contribution >= 4 is 27.3 Å². The fourth-order valence-corrected chi connectivity index (χ4v) is 5.74. The highest BCUT2D eigenvalue weighted by Crippen LogP contribution is 2.21. The number of Topliss-reactive ketones (excluding diaryl/α,β-unsaturated/α-hetero) is 1. The second-order valence-electron chi connectivity index (χ2n) is 8.60. The van der Waals surface area contributed by atoms with E-state index in [4.69, 9.17) is 4.98 Å². The molecule has 3 heterocycles. The summed E-state index contributed by atoms with van der Waals surface area (Å²) < 4.78 is 3.54. The van der Waals surface area contributed by atoms with Gasteiger partial charge in [0.2, 0.25) is 5.78 Å². The number of benzene rings is 1. The number of carbonyl (C=O) groups is 1. The van der Waals surface area contributed by atoms with Gasteiger partial charge in [0.25, 0.3) is 0 Å². The summed E-state index contributed by atoms with van der Waals surface area (Å²) in [6, 6.07) is 10.8. The number of nitrogens with one attached hydrogen (secondary N) is 2. The zero-order chi connectivity index (χ0) is 20.5. The molecule has 0 saturated carbocycles. The molecule has 1 aliphatic rings. The topological polar surface area (TPSA) is 43.8 Å². The van der Waals surface area contributed by atoms with Gasteiger partial charge in [-0.15, -0.1) is 11.3 Å². The predicted octanol–water partition coefficient (Wildman–Crippen LogP) is 1.46. The summed E-state index contributed by atoms with van der Waals surface area (Å²) in [4.78, 5) is 20.7. The van der Waals surface area contributed by atoms with Gasteiger partial charge < -0.3 is 14.4 Å². The molecule has 2 aromatic heterocycles. The fourth-order valence-electron chi connectivity index (χ4n) is 4.70. The molecule has 0 radical (unpaired) electrons. The predicted molar refractivity (Wildman–Crippen MR) is 118 cm³/mol. The molecule has 0 atom stereocenters. The van der Waals surface area contributed by atoms with E-state index in [-0.39, 0.29) is 5.78 Å². The van der Waals surface area contributed by atoms with Gasteiger partial charge in [0.1, 0.15) is 44.3 Å². The minimum atomic E-state index is 0.287. The second-order valence-corrected chi connectivity index (χ2v) is 9.72. The molecule has 0 spiro atoms. The van der Waals surface area contributed by atoms with Crippen LogP contribution >= 0.6 is 11.3 Å². The molecule has 154 valence electrons. The number of fused-ring (bicyclic) bond motifs is 1. The average Bonchev–Trinajstić information content (AvgIpc) is 3.22. The number of hydrogen-bond acceptors (Lipinski definition) is 3. The molecule has 29 heavy (non-hydrogen) atoms. The van der Waals surface area contributed by atoms with Gasteiger partial charge in [-0.05, 0) is 45.9 Å². The molecule has 0 amide bonds. The van der Waals surface area contributed by atoms with E-state index in [9.17, 15) is 4.79 Å². The Kier molecular flexibility index (Phi) is 5.86. The molecule has 1 aromatic carbocycles. The van der Waals surface area contributed by atoms with Gasteiger partial charge in [0.05, 0.1) is 10.2 Å². The van der Waals surface area contributed by atoms with Gasteiger partial charge in [-0.2, -0.15) is 0 Å². The number of ketones is 1. The maximum absolute atomic E-state index is 12.9. The van der Waals surface area contributed by atoms with E-state index in [1.807, 2.05) is 11.3 Å². The molecule has 4 rings (SSSR count). The summed E-state index contributed by atoms with van der Waals surface area (Å²) in [6.07, 6.45) is 0. The highest BCUT2D eigenvalue weighted by Gasteiger charge is 2.27. The summed E-state index contributed by atoms with van der Waals surface area (Å²) in [5, 5.41) is 1.22. The van der Waals surface area contributed by atoms with E-state index in [0.29, 0.717) is 12.6 Å². The summed E-state index contributed by atoms with van der Waals surface area (Å²) in [6.45, 7) is 14.4. The van der Waals surface area contributed by atoms with E-state index >= 15 is 0 Å². The van der Waals surface area contributed by atoms with Gasteiger partial charge in [-0.3, -0.25) is 4.79 Å². The first-order valence-corrected chi connectivity index (χ1v) is 11.5. The van der Waals surface area contributed by atoms with Crippen molar-refractivity contribution in [2.45, 2.75) is 40.3 Å². The Labute approximate surface area is 177 Å². The smallest absolute Gasteiger partial charge is 0.218 e. The van der Waals surface area contributed by atoms with Crippen molar-refractivity contribution in [3.63, 3.8) is 0 Å². The molecule has 3 aromatic rings. The van der Waals surface area contributed by atoms with Crippen molar-refractivity contribution in [2.75, 3.05) is 32.7 Å². The number of para-hydroxylation sites is 1. The van der Waals surface area contributed by atoms with Crippen LogP contribution in [-0.4, -0.2) is 48.1 Å². The maximum atomic E-state index is 12.9. The molecular weight excluding hydrogens is 380 g/mol. The fraction of sp³-hybridized carbons (Fsp3) is 0.478. The molecule has 1 fully saturated rings.